The molecule has 1 aromatic heterocycles. The normalized spacial score (nSPS) is 14.3. The molecule has 164 valence electrons. The topological polar surface area (TPSA) is 34.8 Å². The quantitative estimate of drug-likeness (QED) is 0.363. The molecule has 4 rings (SSSR count). The number of benzene rings is 2. The van der Waals surface area contributed by atoms with Gasteiger partial charge in [0.1, 0.15) is 6.61 Å². The Balaban J connectivity index is 1.55. The minimum Gasteiger partial charge on any atom is -0.488 e. The Bertz CT molecular complexity index is 1020. The number of furan rings is 1. The van der Waals surface area contributed by atoms with Crippen LogP contribution in [0.3, 0.4) is 0 Å². The van der Waals surface area contributed by atoms with Gasteiger partial charge >= 0.3 is 0 Å². The summed E-state index contributed by atoms with van der Waals surface area (Å²) in [4.78, 5) is 2.46. The maximum absolute atomic E-state index is 6.38. The van der Waals surface area contributed by atoms with Crippen molar-refractivity contribution in [2.24, 2.45) is 0 Å². The average molecular weight is 420 g/mol. The number of likely N-dealkylation sites (tertiary alicyclic amines) is 1. The van der Waals surface area contributed by atoms with Crippen LogP contribution in [0.2, 0.25) is 0 Å². The van der Waals surface area contributed by atoms with Gasteiger partial charge in [0.15, 0.2) is 11.3 Å². The third kappa shape index (κ3) is 4.96. The number of allylic oxidation sites excluding steroid dienone is 1. The molecule has 0 unspecified atom stereocenters. The summed E-state index contributed by atoms with van der Waals surface area (Å²) in [5.41, 5.74) is 5.23. The van der Waals surface area contributed by atoms with E-state index in [1.54, 1.807) is 6.26 Å². The third-order valence-corrected chi connectivity index (χ3v) is 6.06. The van der Waals surface area contributed by atoms with Crippen LogP contribution >= 0.6 is 0 Å². The summed E-state index contributed by atoms with van der Waals surface area (Å²) in [6.45, 7) is 12.8. The van der Waals surface area contributed by atoms with Crippen molar-refractivity contribution in [1.29, 1.82) is 0 Å². The highest BCUT2D eigenvalue weighted by atomic mass is 16.5. The summed E-state index contributed by atoms with van der Waals surface area (Å²) < 4.78 is 18.6. The largest absolute Gasteiger partial charge is 0.488 e. The molecule has 3 aromatic rings. The lowest BCUT2D eigenvalue weighted by Gasteiger charge is -2.21. The lowest BCUT2D eigenvalue weighted by molar-refractivity contribution is 0.223. The van der Waals surface area contributed by atoms with Gasteiger partial charge in [-0.05, 0) is 75.4 Å². The minimum absolute atomic E-state index is 0.603. The van der Waals surface area contributed by atoms with Crippen molar-refractivity contribution in [3.63, 3.8) is 0 Å². The van der Waals surface area contributed by atoms with E-state index in [0.29, 0.717) is 19.0 Å². The van der Waals surface area contributed by atoms with Crippen LogP contribution in [0.1, 0.15) is 42.9 Å². The second kappa shape index (κ2) is 10.1. The Morgan fingerprint density at radius 3 is 2.52 bits per heavy atom. The highest BCUT2D eigenvalue weighted by Crippen LogP contribution is 2.45. The number of ether oxygens (including phenoxy) is 2. The molecule has 0 spiro atoms. The molecule has 2 aromatic carbocycles. The molecule has 0 amide bonds. The van der Waals surface area contributed by atoms with Crippen LogP contribution in [0.15, 0.2) is 53.7 Å². The number of fused-ring (bicyclic) bond motifs is 1. The van der Waals surface area contributed by atoms with Gasteiger partial charge in [-0.2, -0.15) is 0 Å². The summed E-state index contributed by atoms with van der Waals surface area (Å²) in [5, 5.41) is 1.06. The van der Waals surface area contributed by atoms with E-state index in [4.69, 9.17) is 13.9 Å². The van der Waals surface area contributed by atoms with Gasteiger partial charge < -0.3 is 13.9 Å². The van der Waals surface area contributed by atoms with Crippen LogP contribution in [-0.4, -0.2) is 37.7 Å². The zero-order chi connectivity index (χ0) is 21.6. The summed E-state index contributed by atoms with van der Waals surface area (Å²) in [5.74, 6) is 1.48. The average Bonchev–Trinajstić information content (AvgIpc) is 3.46. The van der Waals surface area contributed by atoms with E-state index in [1.165, 1.54) is 18.4 Å². The molecule has 1 saturated heterocycles. The number of aryl methyl sites for hydroxylation is 2. The van der Waals surface area contributed by atoms with Gasteiger partial charge in [-0.1, -0.05) is 36.9 Å². The number of hydrogen-bond acceptors (Lipinski definition) is 4. The van der Waals surface area contributed by atoms with Gasteiger partial charge in [0.05, 0.1) is 12.9 Å². The van der Waals surface area contributed by atoms with Gasteiger partial charge in [-0.3, -0.25) is 4.90 Å². The molecule has 0 radical (unpaired) electrons. The van der Waals surface area contributed by atoms with Gasteiger partial charge in [0.2, 0.25) is 5.75 Å². The van der Waals surface area contributed by atoms with Gasteiger partial charge in [-0.25, -0.2) is 0 Å². The zero-order valence-corrected chi connectivity index (χ0v) is 18.8. The molecule has 0 atom stereocenters. The molecule has 1 fully saturated rings. The Kier molecular flexibility index (Phi) is 6.98. The van der Waals surface area contributed by atoms with E-state index in [1.807, 2.05) is 19.1 Å². The van der Waals surface area contributed by atoms with Gasteiger partial charge in [0.25, 0.3) is 0 Å². The number of rotatable bonds is 10. The molecule has 31 heavy (non-hydrogen) atoms. The molecular weight excluding hydrogens is 386 g/mol. The molecule has 1 aliphatic rings. The number of nitrogens with zero attached hydrogens (tertiary/aromatic N) is 1. The first kappa shape index (κ1) is 21.5. The van der Waals surface area contributed by atoms with E-state index < -0.39 is 0 Å². The van der Waals surface area contributed by atoms with E-state index in [2.05, 4.69) is 42.7 Å². The first-order chi connectivity index (χ1) is 15.1. The Labute approximate surface area is 185 Å². The molecule has 0 N–H and O–H groups in total. The molecular formula is C27H33NO3. The van der Waals surface area contributed by atoms with Crippen LogP contribution < -0.4 is 9.47 Å². The molecule has 1 aliphatic heterocycles. The SMILES string of the molecule is C=C(C)c1c(OCCN2CCCC2)c(OCCCc2ccccc2)c2occc2c1C. The summed E-state index contributed by atoms with van der Waals surface area (Å²) in [6.07, 6.45) is 6.20. The minimum atomic E-state index is 0.603. The molecule has 2 heterocycles. The second-order valence-electron chi connectivity index (χ2n) is 8.44. The predicted octanol–water partition coefficient (Wildman–Crippen LogP) is 6.26. The molecule has 4 heteroatoms. The van der Waals surface area contributed by atoms with Crippen LogP contribution in [-0.2, 0) is 6.42 Å². The Hall–Kier alpha value is -2.72. The van der Waals surface area contributed by atoms with Crippen molar-refractivity contribution in [1.82, 2.24) is 4.90 Å². The highest BCUT2D eigenvalue weighted by molar-refractivity contribution is 5.94. The fourth-order valence-electron chi connectivity index (χ4n) is 4.46. The first-order valence-electron chi connectivity index (χ1n) is 11.4. The predicted molar refractivity (Wildman–Crippen MR) is 127 cm³/mol. The van der Waals surface area contributed by atoms with Crippen molar-refractivity contribution in [2.75, 3.05) is 32.8 Å². The van der Waals surface area contributed by atoms with E-state index in [9.17, 15) is 0 Å². The first-order valence-corrected chi connectivity index (χ1v) is 11.4. The summed E-state index contributed by atoms with van der Waals surface area (Å²) in [6, 6.07) is 12.5. The van der Waals surface area contributed by atoms with Gasteiger partial charge in [-0.15, -0.1) is 0 Å². The van der Waals surface area contributed by atoms with E-state index in [-0.39, 0.29) is 0 Å². The fourth-order valence-corrected chi connectivity index (χ4v) is 4.46. The van der Waals surface area contributed by atoms with Crippen molar-refractivity contribution in [2.45, 2.75) is 39.5 Å². The summed E-state index contributed by atoms with van der Waals surface area (Å²) >= 11 is 0. The lowest BCUT2D eigenvalue weighted by atomic mass is 9.97. The van der Waals surface area contributed by atoms with Crippen molar-refractivity contribution in [3.05, 3.63) is 65.9 Å². The van der Waals surface area contributed by atoms with Gasteiger partial charge in [0, 0.05) is 17.5 Å². The Morgan fingerprint density at radius 1 is 1.03 bits per heavy atom. The molecule has 0 saturated carbocycles. The second-order valence-corrected chi connectivity index (χ2v) is 8.44. The Morgan fingerprint density at radius 2 is 1.77 bits per heavy atom. The maximum Gasteiger partial charge on any atom is 0.205 e. The third-order valence-electron chi connectivity index (χ3n) is 6.06. The van der Waals surface area contributed by atoms with Crippen molar-refractivity contribution >= 4 is 16.5 Å². The van der Waals surface area contributed by atoms with E-state index >= 15 is 0 Å². The standard InChI is InChI=1S/C27H33NO3/c1-20(2)24-21(3)23-13-18-30-25(23)27(26(24)31-19-16-28-14-7-8-15-28)29-17-9-12-22-10-5-4-6-11-22/h4-6,10-11,13,18H,1,7-9,12,14-17,19H2,2-3H3. The van der Waals surface area contributed by atoms with E-state index in [0.717, 1.165) is 65.9 Å². The monoisotopic (exact) mass is 419 g/mol. The van der Waals surface area contributed by atoms with Crippen LogP contribution in [0.4, 0.5) is 0 Å². The maximum atomic E-state index is 6.38. The fraction of sp³-hybridized carbons (Fsp3) is 0.407. The lowest BCUT2D eigenvalue weighted by Crippen LogP contribution is -2.25. The zero-order valence-electron chi connectivity index (χ0n) is 18.8. The molecule has 4 nitrogen and oxygen atoms in total. The van der Waals surface area contributed by atoms with Crippen LogP contribution in [0.5, 0.6) is 11.5 Å². The van der Waals surface area contributed by atoms with Crippen molar-refractivity contribution in [3.8, 4) is 11.5 Å². The highest BCUT2D eigenvalue weighted by Gasteiger charge is 2.23. The summed E-state index contributed by atoms with van der Waals surface area (Å²) in [7, 11) is 0. The number of hydrogen-bond donors (Lipinski definition) is 0. The van der Waals surface area contributed by atoms with Crippen LogP contribution in [0.25, 0.3) is 16.5 Å². The van der Waals surface area contributed by atoms with Crippen LogP contribution in [0, 0.1) is 6.92 Å². The van der Waals surface area contributed by atoms with Crippen molar-refractivity contribution < 1.29 is 13.9 Å². The molecule has 0 bridgehead atoms. The smallest absolute Gasteiger partial charge is 0.205 e. The molecule has 0 aliphatic carbocycles.